The largest absolute Gasteiger partial charge is 0.394 e. The van der Waals surface area contributed by atoms with E-state index in [1.807, 2.05) is 12.4 Å². The number of piperazine rings is 1. The number of anilines is 1. The van der Waals surface area contributed by atoms with Crippen LogP contribution in [-0.2, 0) is 0 Å². The van der Waals surface area contributed by atoms with Crippen molar-refractivity contribution in [3.8, 4) is 0 Å². The van der Waals surface area contributed by atoms with Crippen LogP contribution in [0.25, 0.3) is 0 Å². The first-order valence-electron chi connectivity index (χ1n) is 9.96. The van der Waals surface area contributed by atoms with Crippen molar-refractivity contribution in [2.75, 3.05) is 31.1 Å². The van der Waals surface area contributed by atoms with E-state index in [0.29, 0.717) is 5.92 Å². The van der Waals surface area contributed by atoms with Gasteiger partial charge in [-0.25, -0.2) is 9.97 Å². The molecule has 1 aliphatic heterocycles. The van der Waals surface area contributed by atoms with E-state index in [9.17, 15) is 0 Å². The first kappa shape index (κ1) is 20.1. The third kappa shape index (κ3) is 6.55. The molecule has 3 rings (SSSR count). The van der Waals surface area contributed by atoms with Crippen LogP contribution in [0.15, 0.2) is 12.4 Å². The Balaban J connectivity index is 0.000000511. The molecular weight excluding hydrogens is 312 g/mol. The maximum Gasteiger partial charge on any atom is 0.130 e. The predicted molar refractivity (Wildman–Crippen MR) is 104 cm³/mol. The zero-order valence-electron chi connectivity index (χ0n) is 16.5. The van der Waals surface area contributed by atoms with Crippen LogP contribution in [0.3, 0.4) is 0 Å². The second-order valence-electron chi connectivity index (χ2n) is 7.86. The third-order valence-electron chi connectivity index (χ3n) is 4.95. The summed E-state index contributed by atoms with van der Waals surface area (Å²) < 4.78 is 0. The Labute approximate surface area is 153 Å². The smallest absolute Gasteiger partial charge is 0.130 e. The van der Waals surface area contributed by atoms with E-state index in [-0.39, 0.29) is 6.10 Å². The van der Waals surface area contributed by atoms with Crippen LogP contribution in [-0.4, -0.2) is 58.3 Å². The van der Waals surface area contributed by atoms with Gasteiger partial charge < -0.3 is 10.0 Å². The second-order valence-corrected chi connectivity index (χ2v) is 7.86. The van der Waals surface area contributed by atoms with Gasteiger partial charge >= 0.3 is 0 Å². The standard InChI is InChI=1S/C17H28N4.C3H8O/c1-14(2)17-18-12-16(13-19-17)21-10-8-20(9-11-21)15-6-4-3-5-7-15;1-3(2)4/h12-15H,3-11H2,1-2H3;3-4H,1-2H3. The van der Waals surface area contributed by atoms with E-state index in [1.54, 1.807) is 13.8 Å². The van der Waals surface area contributed by atoms with E-state index >= 15 is 0 Å². The number of aromatic nitrogens is 2. The molecule has 0 spiro atoms. The molecule has 2 aliphatic rings. The summed E-state index contributed by atoms with van der Waals surface area (Å²) in [5.74, 6) is 1.35. The maximum absolute atomic E-state index is 8.06. The minimum Gasteiger partial charge on any atom is -0.394 e. The molecule has 1 saturated heterocycles. The van der Waals surface area contributed by atoms with Gasteiger partial charge in [-0.15, -0.1) is 0 Å². The van der Waals surface area contributed by atoms with Gasteiger partial charge in [0.1, 0.15) is 5.82 Å². The number of rotatable bonds is 3. The van der Waals surface area contributed by atoms with Crippen molar-refractivity contribution in [3.05, 3.63) is 18.2 Å². The van der Waals surface area contributed by atoms with Gasteiger partial charge in [-0.2, -0.15) is 0 Å². The lowest BCUT2D eigenvalue weighted by molar-refractivity contribution is 0.148. The van der Waals surface area contributed by atoms with Crippen molar-refractivity contribution >= 4 is 5.69 Å². The van der Waals surface area contributed by atoms with Crippen LogP contribution >= 0.6 is 0 Å². The number of hydrogen-bond donors (Lipinski definition) is 1. The zero-order valence-corrected chi connectivity index (χ0v) is 16.5. The number of nitrogens with zero attached hydrogens (tertiary/aromatic N) is 4. The molecule has 25 heavy (non-hydrogen) atoms. The molecule has 1 saturated carbocycles. The van der Waals surface area contributed by atoms with Gasteiger partial charge in [0, 0.05) is 44.2 Å². The molecule has 0 radical (unpaired) electrons. The summed E-state index contributed by atoms with van der Waals surface area (Å²) in [5.41, 5.74) is 1.18. The molecule has 2 fully saturated rings. The van der Waals surface area contributed by atoms with E-state index < -0.39 is 0 Å². The lowest BCUT2D eigenvalue weighted by Crippen LogP contribution is -2.50. The maximum atomic E-state index is 8.06. The van der Waals surface area contributed by atoms with Gasteiger partial charge in [-0.1, -0.05) is 33.1 Å². The molecule has 5 heteroatoms. The molecule has 0 atom stereocenters. The topological polar surface area (TPSA) is 52.5 Å². The molecular formula is C20H36N4O. The summed E-state index contributed by atoms with van der Waals surface area (Å²) in [5, 5.41) is 8.06. The van der Waals surface area contributed by atoms with Crippen molar-refractivity contribution in [1.82, 2.24) is 14.9 Å². The molecule has 142 valence electrons. The average molecular weight is 349 g/mol. The Kier molecular flexibility index (Phi) is 8.10. The van der Waals surface area contributed by atoms with Crippen molar-refractivity contribution in [2.45, 2.75) is 77.9 Å². The van der Waals surface area contributed by atoms with Gasteiger partial charge in [-0.3, -0.25) is 4.90 Å². The molecule has 0 amide bonds. The number of hydrogen-bond acceptors (Lipinski definition) is 5. The van der Waals surface area contributed by atoms with E-state index in [2.05, 4.69) is 33.6 Å². The lowest BCUT2D eigenvalue weighted by Gasteiger charge is -2.41. The highest BCUT2D eigenvalue weighted by atomic mass is 16.3. The highest BCUT2D eigenvalue weighted by Crippen LogP contribution is 2.24. The van der Waals surface area contributed by atoms with Gasteiger partial charge in [-0.05, 0) is 26.7 Å². The van der Waals surface area contributed by atoms with Gasteiger partial charge in [0.25, 0.3) is 0 Å². The van der Waals surface area contributed by atoms with Crippen LogP contribution in [0.4, 0.5) is 5.69 Å². The highest BCUT2D eigenvalue weighted by molar-refractivity contribution is 5.42. The second kappa shape index (κ2) is 10.1. The summed E-state index contributed by atoms with van der Waals surface area (Å²) in [6.07, 6.45) is 10.9. The van der Waals surface area contributed by atoms with E-state index in [4.69, 9.17) is 5.11 Å². The van der Waals surface area contributed by atoms with Crippen LogP contribution in [0.1, 0.15) is 71.5 Å². The van der Waals surface area contributed by atoms with Crippen LogP contribution in [0, 0.1) is 0 Å². The fraction of sp³-hybridized carbons (Fsp3) is 0.800. The van der Waals surface area contributed by atoms with Gasteiger partial charge in [0.15, 0.2) is 0 Å². The molecule has 0 bridgehead atoms. The van der Waals surface area contributed by atoms with Crippen LogP contribution in [0.2, 0.25) is 0 Å². The first-order valence-corrected chi connectivity index (χ1v) is 9.96. The highest BCUT2D eigenvalue weighted by Gasteiger charge is 2.25. The Bertz CT molecular complexity index is 472. The summed E-state index contributed by atoms with van der Waals surface area (Å²) in [7, 11) is 0. The monoisotopic (exact) mass is 348 g/mol. The van der Waals surface area contributed by atoms with Gasteiger partial charge in [0.2, 0.25) is 0 Å². The summed E-state index contributed by atoms with van der Waals surface area (Å²) in [6.45, 7) is 12.3. The fourth-order valence-electron chi connectivity index (χ4n) is 3.58. The zero-order chi connectivity index (χ0) is 18.2. The minimum atomic E-state index is -0.167. The fourth-order valence-corrected chi connectivity index (χ4v) is 3.58. The summed E-state index contributed by atoms with van der Waals surface area (Å²) in [6, 6.07) is 0.848. The Morgan fingerprint density at radius 2 is 1.44 bits per heavy atom. The van der Waals surface area contributed by atoms with Crippen molar-refractivity contribution in [2.24, 2.45) is 0 Å². The summed E-state index contributed by atoms with van der Waals surface area (Å²) >= 11 is 0. The third-order valence-corrected chi connectivity index (χ3v) is 4.95. The molecule has 1 aliphatic carbocycles. The molecule has 1 N–H and O–H groups in total. The van der Waals surface area contributed by atoms with Crippen LogP contribution < -0.4 is 4.90 Å². The molecule has 2 heterocycles. The van der Waals surface area contributed by atoms with Crippen molar-refractivity contribution < 1.29 is 5.11 Å². The normalized spacial score (nSPS) is 19.9. The minimum absolute atomic E-state index is 0.167. The number of aliphatic hydroxyl groups is 1. The first-order chi connectivity index (χ1) is 12.0. The molecule has 1 aromatic rings. The average Bonchev–Trinajstić information content (AvgIpc) is 2.62. The number of aliphatic hydroxyl groups excluding tert-OH is 1. The quantitative estimate of drug-likeness (QED) is 0.907. The molecule has 0 unspecified atom stereocenters. The molecule has 0 aromatic carbocycles. The lowest BCUT2D eigenvalue weighted by atomic mass is 9.94. The molecule has 5 nitrogen and oxygen atoms in total. The van der Waals surface area contributed by atoms with Crippen molar-refractivity contribution in [1.29, 1.82) is 0 Å². The predicted octanol–water partition coefficient (Wildman–Crippen LogP) is 3.44. The Hall–Kier alpha value is -1.20. The van der Waals surface area contributed by atoms with Gasteiger partial charge in [0.05, 0.1) is 18.1 Å². The Morgan fingerprint density at radius 3 is 1.92 bits per heavy atom. The summed E-state index contributed by atoms with van der Waals surface area (Å²) in [4.78, 5) is 14.1. The molecule has 1 aromatic heterocycles. The SMILES string of the molecule is CC(C)O.CC(C)c1ncc(N2CCN(C3CCCCC3)CC2)cn1. The van der Waals surface area contributed by atoms with Crippen LogP contribution in [0.5, 0.6) is 0 Å². The van der Waals surface area contributed by atoms with E-state index in [0.717, 1.165) is 25.0 Å². The van der Waals surface area contributed by atoms with E-state index in [1.165, 1.54) is 50.9 Å². The van der Waals surface area contributed by atoms with Crippen molar-refractivity contribution in [3.63, 3.8) is 0 Å². The Morgan fingerprint density at radius 1 is 0.920 bits per heavy atom.